The van der Waals surface area contributed by atoms with Crippen LogP contribution in [-0.2, 0) is 9.59 Å². The highest BCUT2D eigenvalue weighted by molar-refractivity contribution is 7.98. The minimum Gasteiger partial charge on any atom is -0.484 e. The minimum absolute atomic E-state index is 0.180. The van der Waals surface area contributed by atoms with Crippen molar-refractivity contribution < 1.29 is 19.1 Å². The molecule has 28 heavy (non-hydrogen) atoms. The van der Waals surface area contributed by atoms with Gasteiger partial charge in [0, 0.05) is 11.3 Å². The van der Waals surface area contributed by atoms with Crippen LogP contribution in [0.25, 0.3) is 0 Å². The van der Waals surface area contributed by atoms with Crippen LogP contribution in [-0.4, -0.2) is 42.4 Å². The molecule has 0 fully saturated rings. The van der Waals surface area contributed by atoms with Crippen molar-refractivity contribution in [2.24, 2.45) is 5.73 Å². The highest BCUT2D eigenvalue weighted by Crippen LogP contribution is 2.11. The number of carbonyl (C=O) groups is 3. The fraction of sp³-hybridized carbons (Fsp3) is 0.250. The zero-order chi connectivity index (χ0) is 20.4. The van der Waals surface area contributed by atoms with Crippen LogP contribution in [0, 0.1) is 0 Å². The van der Waals surface area contributed by atoms with E-state index in [2.05, 4.69) is 10.6 Å². The number of benzene rings is 2. The second-order valence-electron chi connectivity index (χ2n) is 5.93. The maximum absolute atomic E-state index is 12.6. The zero-order valence-corrected chi connectivity index (χ0v) is 16.3. The van der Waals surface area contributed by atoms with E-state index in [-0.39, 0.29) is 18.4 Å². The molecule has 2 aromatic rings. The number of hydrogen-bond donors (Lipinski definition) is 3. The van der Waals surface area contributed by atoms with Crippen molar-refractivity contribution >= 4 is 35.2 Å². The molecule has 7 nitrogen and oxygen atoms in total. The predicted octanol–water partition coefficient (Wildman–Crippen LogP) is 2.04. The van der Waals surface area contributed by atoms with Gasteiger partial charge in [0.05, 0.1) is 0 Å². The van der Waals surface area contributed by atoms with Gasteiger partial charge in [-0.1, -0.05) is 18.2 Å². The summed E-state index contributed by atoms with van der Waals surface area (Å²) in [5.41, 5.74) is 6.07. The molecule has 0 aliphatic heterocycles. The Morgan fingerprint density at radius 1 is 1.07 bits per heavy atom. The summed E-state index contributed by atoms with van der Waals surface area (Å²) < 4.78 is 5.41. The van der Waals surface area contributed by atoms with E-state index in [9.17, 15) is 14.4 Å². The number of primary amides is 1. The van der Waals surface area contributed by atoms with Crippen molar-refractivity contribution in [3.63, 3.8) is 0 Å². The second kappa shape index (κ2) is 11.0. The Labute approximate surface area is 168 Å². The molecular formula is C20H23N3O4S. The lowest BCUT2D eigenvalue weighted by atomic mass is 10.1. The highest BCUT2D eigenvalue weighted by atomic mass is 32.2. The minimum atomic E-state index is -0.699. The van der Waals surface area contributed by atoms with Crippen molar-refractivity contribution in [1.82, 2.24) is 5.32 Å². The average molecular weight is 401 g/mol. The molecule has 2 aromatic carbocycles. The summed E-state index contributed by atoms with van der Waals surface area (Å²) in [6.45, 7) is -0.180. The van der Waals surface area contributed by atoms with Crippen LogP contribution in [0.5, 0.6) is 5.75 Å². The first kappa shape index (κ1) is 21.3. The van der Waals surface area contributed by atoms with Crippen LogP contribution < -0.4 is 21.1 Å². The van der Waals surface area contributed by atoms with Crippen LogP contribution in [0.2, 0.25) is 0 Å². The fourth-order valence-corrected chi connectivity index (χ4v) is 2.82. The largest absolute Gasteiger partial charge is 0.484 e. The Bertz CT molecular complexity index is 797. The predicted molar refractivity (Wildman–Crippen MR) is 110 cm³/mol. The van der Waals surface area contributed by atoms with Gasteiger partial charge < -0.3 is 21.1 Å². The molecule has 2 rings (SSSR count). The Morgan fingerprint density at radius 3 is 2.36 bits per heavy atom. The Hall–Kier alpha value is -3.00. The van der Waals surface area contributed by atoms with Gasteiger partial charge in [0.15, 0.2) is 6.61 Å². The van der Waals surface area contributed by atoms with Crippen LogP contribution in [0.15, 0.2) is 54.6 Å². The number of rotatable bonds is 10. The van der Waals surface area contributed by atoms with Gasteiger partial charge in [-0.25, -0.2) is 0 Å². The van der Waals surface area contributed by atoms with E-state index in [0.29, 0.717) is 29.2 Å². The van der Waals surface area contributed by atoms with E-state index in [0.717, 1.165) is 0 Å². The van der Waals surface area contributed by atoms with E-state index in [1.54, 1.807) is 36.0 Å². The molecule has 0 radical (unpaired) electrons. The summed E-state index contributed by atoms with van der Waals surface area (Å²) in [5.74, 6) is 0.0280. The summed E-state index contributed by atoms with van der Waals surface area (Å²) in [7, 11) is 0. The number of nitrogens with two attached hydrogens (primary N) is 1. The first-order chi connectivity index (χ1) is 13.5. The number of amides is 3. The Balaban J connectivity index is 1.93. The molecule has 1 atom stereocenters. The fourth-order valence-electron chi connectivity index (χ4n) is 2.35. The smallest absolute Gasteiger partial charge is 0.258 e. The van der Waals surface area contributed by atoms with E-state index < -0.39 is 11.9 Å². The maximum Gasteiger partial charge on any atom is 0.258 e. The van der Waals surface area contributed by atoms with E-state index >= 15 is 0 Å². The summed E-state index contributed by atoms with van der Waals surface area (Å²) >= 11 is 1.58. The van der Waals surface area contributed by atoms with Crippen LogP contribution in [0.1, 0.15) is 16.8 Å². The van der Waals surface area contributed by atoms with Crippen molar-refractivity contribution in [2.75, 3.05) is 23.9 Å². The monoisotopic (exact) mass is 401 g/mol. The van der Waals surface area contributed by atoms with Gasteiger partial charge in [-0.3, -0.25) is 14.4 Å². The molecule has 0 heterocycles. The maximum atomic E-state index is 12.6. The van der Waals surface area contributed by atoms with E-state index in [1.165, 1.54) is 12.1 Å². The van der Waals surface area contributed by atoms with Gasteiger partial charge in [-0.15, -0.1) is 0 Å². The Kier molecular flexibility index (Phi) is 8.36. The topological polar surface area (TPSA) is 111 Å². The van der Waals surface area contributed by atoms with Crippen LogP contribution in [0.3, 0.4) is 0 Å². The highest BCUT2D eigenvalue weighted by Gasteiger charge is 2.21. The lowest BCUT2D eigenvalue weighted by Gasteiger charge is -2.18. The molecule has 148 valence electrons. The summed E-state index contributed by atoms with van der Waals surface area (Å²) in [6, 6.07) is 14.5. The van der Waals surface area contributed by atoms with E-state index in [1.807, 2.05) is 24.5 Å². The van der Waals surface area contributed by atoms with Crippen molar-refractivity contribution in [3.8, 4) is 5.75 Å². The lowest BCUT2D eigenvalue weighted by Crippen LogP contribution is -2.45. The first-order valence-corrected chi connectivity index (χ1v) is 10.1. The first-order valence-electron chi connectivity index (χ1n) is 8.66. The molecule has 0 aliphatic carbocycles. The Morgan fingerprint density at radius 2 is 1.75 bits per heavy atom. The molecule has 4 N–H and O–H groups in total. The molecule has 0 aliphatic rings. The molecule has 0 unspecified atom stereocenters. The third-order valence-electron chi connectivity index (χ3n) is 3.81. The number of nitrogens with one attached hydrogen (secondary N) is 2. The summed E-state index contributed by atoms with van der Waals surface area (Å²) in [6.07, 6.45) is 2.40. The molecule has 3 amide bonds. The molecule has 0 spiro atoms. The second-order valence-corrected chi connectivity index (χ2v) is 6.92. The third-order valence-corrected chi connectivity index (χ3v) is 4.46. The lowest BCUT2D eigenvalue weighted by molar-refractivity contribution is -0.127. The molecule has 0 saturated heterocycles. The standard InChI is InChI=1S/C20H23N3O4S/c1-28-12-11-17(23-18(24)13-27-16-5-3-2-4-6-16)20(26)22-15-9-7-14(8-10-15)19(21)25/h2-10,17H,11-13H2,1H3,(H2,21,25)(H,22,26)(H,23,24)/t17-/m0/s1. The van der Waals surface area contributed by atoms with Gasteiger partial charge in [0.1, 0.15) is 11.8 Å². The third kappa shape index (κ3) is 6.96. The number of ether oxygens (including phenoxy) is 1. The van der Waals surface area contributed by atoms with Crippen molar-refractivity contribution in [3.05, 3.63) is 60.2 Å². The average Bonchev–Trinajstić information content (AvgIpc) is 2.70. The molecular weight excluding hydrogens is 378 g/mol. The number of para-hydroxylation sites is 1. The summed E-state index contributed by atoms with van der Waals surface area (Å²) in [4.78, 5) is 35.9. The van der Waals surface area contributed by atoms with Gasteiger partial charge in [-0.05, 0) is 54.8 Å². The van der Waals surface area contributed by atoms with Crippen LogP contribution in [0.4, 0.5) is 5.69 Å². The number of hydrogen-bond acceptors (Lipinski definition) is 5. The van der Waals surface area contributed by atoms with Gasteiger partial charge >= 0.3 is 0 Å². The van der Waals surface area contributed by atoms with Gasteiger partial charge in [0.2, 0.25) is 11.8 Å². The zero-order valence-electron chi connectivity index (χ0n) is 15.5. The van der Waals surface area contributed by atoms with Gasteiger partial charge in [-0.2, -0.15) is 11.8 Å². The number of thioether (sulfide) groups is 1. The molecule has 0 saturated carbocycles. The van der Waals surface area contributed by atoms with Crippen LogP contribution >= 0.6 is 11.8 Å². The summed E-state index contributed by atoms with van der Waals surface area (Å²) in [5, 5.41) is 5.45. The quantitative estimate of drug-likeness (QED) is 0.564. The molecule has 8 heteroatoms. The van der Waals surface area contributed by atoms with Crippen molar-refractivity contribution in [1.29, 1.82) is 0 Å². The number of carbonyl (C=O) groups excluding carboxylic acids is 3. The number of anilines is 1. The van der Waals surface area contributed by atoms with E-state index in [4.69, 9.17) is 10.5 Å². The molecule has 0 aromatic heterocycles. The van der Waals surface area contributed by atoms with Crippen molar-refractivity contribution in [2.45, 2.75) is 12.5 Å². The SMILES string of the molecule is CSCC[C@H](NC(=O)COc1ccccc1)C(=O)Nc1ccc(C(N)=O)cc1. The normalized spacial score (nSPS) is 11.3. The molecule has 0 bridgehead atoms. The van der Waals surface area contributed by atoms with Gasteiger partial charge in [0.25, 0.3) is 5.91 Å².